The Bertz CT molecular complexity index is 458. The molecule has 1 aromatic rings. The SMILES string of the molecule is CC1CC1NCc1cc(C(F)(F)F)cc(C(F)(F)F)c1. The Balaban J connectivity index is 2.25. The number of benzene rings is 1. The van der Waals surface area contributed by atoms with Crippen LogP contribution in [0.4, 0.5) is 26.3 Å². The highest BCUT2D eigenvalue weighted by Gasteiger charge is 2.37. The Hall–Kier alpha value is -1.24. The van der Waals surface area contributed by atoms with Crippen molar-refractivity contribution in [3.63, 3.8) is 0 Å². The molecule has 0 amide bonds. The zero-order valence-electron chi connectivity index (χ0n) is 10.6. The van der Waals surface area contributed by atoms with Crippen LogP contribution in [0.2, 0.25) is 0 Å². The molecule has 20 heavy (non-hydrogen) atoms. The molecule has 0 aromatic heterocycles. The van der Waals surface area contributed by atoms with Gasteiger partial charge in [0.25, 0.3) is 0 Å². The van der Waals surface area contributed by atoms with Crippen molar-refractivity contribution in [1.82, 2.24) is 5.32 Å². The third-order valence-corrected chi connectivity index (χ3v) is 3.33. The minimum atomic E-state index is -4.79. The van der Waals surface area contributed by atoms with Gasteiger partial charge in [-0.3, -0.25) is 0 Å². The largest absolute Gasteiger partial charge is 0.416 e. The monoisotopic (exact) mass is 297 g/mol. The van der Waals surface area contributed by atoms with E-state index in [0.717, 1.165) is 18.6 Å². The van der Waals surface area contributed by atoms with Crippen LogP contribution < -0.4 is 5.32 Å². The van der Waals surface area contributed by atoms with Gasteiger partial charge in [0.05, 0.1) is 11.1 Å². The van der Waals surface area contributed by atoms with Crippen molar-refractivity contribution in [3.8, 4) is 0 Å². The van der Waals surface area contributed by atoms with E-state index in [-0.39, 0.29) is 24.2 Å². The second-order valence-electron chi connectivity index (χ2n) is 5.11. The lowest BCUT2D eigenvalue weighted by Gasteiger charge is -2.14. The quantitative estimate of drug-likeness (QED) is 0.824. The topological polar surface area (TPSA) is 12.0 Å². The first-order valence-corrected chi connectivity index (χ1v) is 6.09. The number of halogens is 6. The minimum Gasteiger partial charge on any atom is -0.310 e. The summed E-state index contributed by atoms with van der Waals surface area (Å²) in [5.41, 5.74) is -2.55. The molecule has 0 radical (unpaired) electrons. The average Bonchev–Trinajstić information content (AvgIpc) is 3.00. The smallest absolute Gasteiger partial charge is 0.310 e. The van der Waals surface area contributed by atoms with Crippen molar-refractivity contribution < 1.29 is 26.3 Å². The zero-order chi connectivity index (χ0) is 15.1. The second kappa shape index (κ2) is 4.95. The van der Waals surface area contributed by atoms with Gasteiger partial charge >= 0.3 is 12.4 Å². The molecule has 112 valence electrons. The van der Waals surface area contributed by atoms with Gasteiger partial charge in [0.2, 0.25) is 0 Å². The summed E-state index contributed by atoms with van der Waals surface area (Å²) in [6, 6.07) is 1.84. The fourth-order valence-corrected chi connectivity index (χ4v) is 1.98. The number of rotatable bonds is 3. The van der Waals surface area contributed by atoms with Crippen molar-refractivity contribution in [3.05, 3.63) is 34.9 Å². The molecule has 1 fully saturated rings. The highest BCUT2D eigenvalue weighted by atomic mass is 19.4. The van der Waals surface area contributed by atoms with Gasteiger partial charge in [0, 0.05) is 12.6 Å². The Morgan fingerprint density at radius 1 is 1.00 bits per heavy atom. The van der Waals surface area contributed by atoms with Gasteiger partial charge in [0.1, 0.15) is 0 Å². The minimum absolute atomic E-state index is 0.00199. The van der Waals surface area contributed by atoms with E-state index in [0.29, 0.717) is 5.92 Å². The maximum absolute atomic E-state index is 12.6. The molecular formula is C13H13F6N. The Kier molecular flexibility index (Phi) is 3.75. The first kappa shape index (κ1) is 15.2. The van der Waals surface area contributed by atoms with E-state index in [1.807, 2.05) is 6.92 Å². The van der Waals surface area contributed by atoms with Crippen LogP contribution in [-0.4, -0.2) is 6.04 Å². The third kappa shape index (κ3) is 3.65. The van der Waals surface area contributed by atoms with E-state index in [1.54, 1.807) is 0 Å². The molecule has 0 bridgehead atoms. The third-order valence-electron chi connectivity index (χ3n) is 3.33. The summed E-state index contributed by atoms with van der Waals surface area (Å²) in [6.07, 6.45) is -8.68. The summed E-state index contributed by atoms with van der Waals surface area (Å²) in [6.45, 7) is 1.97. The molecule has 1 aromatic carbocycles. The molecule has 2 rings (SSSR count). The molecule has 0 saturated heterocycles. The lowest BCUT2D eigenvalue weighted by Crippen LogP contribution is -2.19. The molecule has 1 N–H and O–H groups in total. The van der Waals surface area contributed by atoms with Crippen LogP contribution in [0.1, 0.15) is 30.0 Å². The number of hydrogen-bond donors (Lipinski definition) is 1. The molecule has 1 aliphatic rings. The van der Waals surface area contributed by atoms with Crippen molar-refractivity contribution in [2.75, 3.05) is 0 Å². The molecular weight excluding hydrogens is 284 g/mol. The summed E-state index contributed by atoms with van der Waals surface area (Å²) in [4.78, 5) is 0. The van der Waals surface area contributed by atoms with Gasteiger partial charge < -0.3 is 5.32 Å². The summed E-state index contributed by atoms with van der Waals surface area (Å²) in [5.74, 6) is 0.419. The van der Waals surface area contributed by atoms with Crippen LogP contribution in [0, 0.1) is 5.92 Å². The molecule has 0 aliphatic heterocycles. The van der Waals surface area contributed by atoms with Crippen LogP contribution in [0.15, 0.2) is 18.2 Å². The van der Waals surface area contributed by atoms with Crippen LogP contribution in [0.3, 0.4) is 0 Å². The highest BCUT2D eigenvalue weighted by Crippen LogP contribution is 2.36. The van der Waals surface area contributed by atoms with Crippen LogP contribution in [0.25, 0.3) is 0 Å². The van der Waals surface area contributed by atoms with Crippen molar-refractivity contribution >= 4 is 0 Å². The van der Waals surface area contributed by atoms with E-state index >= 15 is 0 Å². The summed E-state index contributed by atoms with van der Waals surface area (Å²) in [7, 11) is 0. The first-order chi connectivity index (χ1) is 9.07. The average molecular weight is 297 g/mol. The summed E-state index contributed by atoms with van der Waals surface area (Å²) < 4.78 is 75.7. The Labute approximate surface area is 112 Å². The lowest BCUT2D eigenvalue weighted by atomic mass is 10.0. The number of nitrogens with one attached hydrogen (secondary N) is 1. The number of alkyl halides is 6. The van der Waals surface area contributed by atoms with Gasteiger partial charge in [-0.1, -0.05) is 6.92 Å². The van der Waals surface area contributed by atoms with Crippen LogP contribution in [-0.2, 0) is 18.9 Å². The normalized spacial score (nSPS) is 22.9. The Morgan fingerprint density at radius 3 is 1.80 bits per heavy atom. The van der Waals surface area contributed by atoms with Gasteiger partial charge in [-0.05, 0) is 36.1 Å². The van der Waals surface area contributed by atoms with E-state index in [4.69, 9.17) is 0 Å². The predicted octanol–water partition coefficient (Wildman–Crippen LogP) is 4.22. The molecule has 1 aliphatic carbocycles. The molecule has 0 spiro atoms. The fourth-order valence-electron chi connectivity index (χ4n) is 1.98. The second-order valence-corrected chi connectivity index (χ2v) is 5.11. The van der Waals surface area contributed by atoms with Gasteiger partial charge in [-0.15, -0.1) is 0 Å². The summed E-state index contributed by atoms with van der Waals surface area (Å²) >= 11 is 0. The van der Waals surface area contributed by atoms with Crippen molar-refractivity contribution in [2.45, 2.75) is 38.3 Å². The van der Waals surface area contributed by atoms with Crippen molar-refractivity contribution in [2.24, 2.45) is 5.92 Å². The highest BCUT2D eigenvalue weighted by molar-refractivity contribution is 5.33. The molecule has 2 atom stereocenters. The molecule has 7 heteroatoms. The molecule has 1 saturated carbocycles. The molecule has 2 unspecified atom stereocenters. The number of hydrogen-bond acceptors (Lipinski definition) is 1. The maximum Gasteiger partial charge on any atom is 0.416 e. The predicted molar refractivity (Wildman–Crippen MR) is 60.9 cm³/mol. The van der Waals surface area contributed by atoms with E-state index < -0.39 is 23.5 Å². The first-order valence-electron chi connectivity index (χ1n) is 6.09. The fraction of sp³-hybridized carbons (Fsp3) is 0.538. The van der Waals surface area contributed by atoms with E-state index in [9.17, 15) is 26.3 Å². The zero-order valence-corrected chi connectivity index (χ0v) is 10.6. The van der Waals surface area contributed by atoms with E-state index in [2.05, 4.69) is 5.32 Å². The van der Waals surface area contributed by atoms with E-state index in [1.165, 1.54) is 0 Å². The molecule has 0 heterocycles. The van der Waals surface area contributed by atoms with Crippen molar-refractivity contribution in [1.29, 1.82) is 0 Å². The van der Waals surface area contributed by atoms with Crippen LogP contribution >= 0.6 is 0 Å². The Morgan fingerprint density at radius 2 is 1.45 bits per heavy atom. The van der Waals surface area contributed by atoms with Gasteiger partial charge in [-0.2, -0.15) is 26.3 Å². The summed E-state index contributed by atoms with van der Waals surface area (Å²) in [5, 5.41) is 2.95. The lowest BCUT2D eigenvalue weighted by molar-refractivity contribution is -0.143. The van der Waals surface area contributed by atoms with Gasteiger partial charge in [-0.25, -0.2) is 0 Å². The standard InChI is InChI=1S/C13H13F6N/c1-7-2-11(7)20-6-8-3-9(12(14,15)16)5-10(4-8)13(17,18)19/h3-5,7,11,20H,2,6H2,1H3. The maximum atomic E-state index is 12.6. The van der Waals surface area contributed by atoms with Crippen LogP contribution in [0.5, 0.6) is 0 Å². The molecule has 1 nitrogen and oxygen atoms in total. The van der Waals surface area contributed by atoms with Gasteiger partial charge in [0.15, 0.2) is 0 Å².